The Morgan fingerprint density at radius 3 is 2.70 bits per heavy atom. The Balaban J connectivity index is 1.50. The maximum Gasteiger partial charge on any atom is 0.257 e. The number of halogens is 1. The molecule has 1 aromatic carbocycles. The Hall–Kier alpha value is -2.47. The molecule has 3 rings (SSSR count). The first-order valence-corrected chi connectivity index (χ1v) is 9.43. The predicted molar refractivity (Wildman–Crippen MR) is 104 cm³/mol. The normalized spacial score (nSPS) is 16.4. The fraction of sp³-hybridized carbons (Fsp3) is 0.400. The number of hydrogen-bond acceptors (Lipinski definition) is 4. The van der Waals surface area contributed by atoms with E-state index in [4.69, 9.17) is 11.6 Å². The van der Waals surface area contributed by atoms with Gasteiger partial charge in [-0.3, -0.25) is 9.59 Å². The van der Waals surface area contributed by atoms with E-state index >= 15 is 0 Å². The van der Waals surface area contributed by atoms with E-state index in [0.29, 0.717) is 48.2 Å². The highest BCUT2D eigenvalue weighted by molar-refractivity contribution is 6.30. The first kappa shape index (κ1) is 19.3. The number of rotatable bonds is 5. The van der Waals surface area contributed by atoms with Crippen LogP contribution in [0.25, 0.3) is 0 Å². The molecule has 2 amide bonds. The number of aromatic nitrogens is 2. The van der Waals surface area contributed by atoms with Crippen LogP contribution in [-0.4, -0.2) is 46.3 Å². The molecule has 0 aliphatic carbocycles. The maximum absolute atomic E-state index is 12.7. The van der Waals surface area contributed by atoms with E-state index in [9.17, 15) is 9.59 Å². The van der Waals surface area contributed by atoms with E-state index in [1.54, 1.807) is 24.9 Å². The van der Waals surface area contributed by atoms with Gasteiger partial charge in [0.1, 0.15) is 5.82 Å². The van der Waals surface area contributed by atoms with E-state index in [1.165, 1.54) is 0 Å². The molecule has 1 aromatic heterocycles. The van der Waals surface area contributed by atoms with Gasteiger partial charge in [-0.25, -0.2) is 9.97 Å². The third-order valence-corrected chi connectivity index (χ3v) is 5.05. The zero-order chi connectivity index (χ0) is 19.4. The Bertz CT molecular complexity index is 838. The molecule has 1 saturated heterocycles. The average Bonchev–Trinajstić information content (AvgIpc) is 3.13. The monoisotopic (exact) mass is 386 g/mol. The SMILES string of the molecule is Cc1ncc(C(=O)N2CC[C@@H](C(=O)NCCc3ccc(Cl)cc3)C2)c(C)n1. The maximum atomic E-state index is 12.7. The smallest absolute Gasteiger partial charge is 0.257 e. The van der Waals surface area contributed by atoms with Gasteiger partial charge < -0.3 is 10.2 Å². The average molecular weight is 387 g/mol. The zero-order valence-corrected chi connectivity index (χ0v) is 16.3. The van der Waals surface area contributed by atoms with Gasteiger partial charge in [0.15, 0.2) is 0 Å². The van der Waals surface area contributed by atoms with Gasteiger partial charge >= 0.3 is 0 Å². The first-order valence-electron chi connectivity index (χ1n) is 9.05. The van der Waals surface area contributed by atoms with E-state index in [2.05, 4.69) is 15.3 Å². The second-order valence-electron chi connectivity index (χ2n) is 6.82. The zero-order valence-electron chi connectivity index (χ0n) is 15.5. The summed E-state index contributed by atoms with van der Waals surface area (Å²) in [5, 5.41) is 3.67. The summed E-state index contributed by atoms with van der Waals surface area (Å²) in [5.41, 5.74) is 2.30. The Morgan fingerprint density at radius 1 is 1.26 bits per heavy atom. The van der Waals surface area contributed by atoms with Crippen molar-refractivity contribution in [2.45, 2.75) is 26.7 Å². The molecule has 6 nitrogen and oxygen atoms in total. The second-order valence-corrected chi connectivity index (χ2v) is 7.26. The summed E-state index contributed by atoms with van der Waals surface area (Å²) in [7, 11) is 0. The van der Waals surface area contributed by atoms with Gasteiger partial charge in [0.05, 0.1) is 17.2 Å². The lowest BCUT2D eigenvalue weighted by atomic mass is 10.1. The van der Waals surface area contributed by atoms with Gasteiger partial charge in [0.2, 0.25) is 5.91 Å². The van der Waals surface area contributed by atoms with E-state index in [1.807, 2.05) is 24.3 Å². The number of aryl methyl sites for hydroxylation is 2. The van der Waals surface area contributed by atoms with Crippen LogP contribution in [0.2, 0.25) is 5.02 Å². The fourth-order valence-corrected chi connectivity index (χ4v) is 3.37. The number of likely N-dealkylation sites (tertiary alicyclic amines) is 1. The fourth-order valence-electron chi connectivity index (χ4n) is 3.25. The molecule has 0 spiro atoms. The molecule has 1 atom stereocenters. The number of nitrogens with one attached hydrogen (secondary N) is 1. The summed E-state index contributed by atoms with van der Waals surface area (Å²) in [6.45, 7) is 5.16. The minimum atomic E-state index is -0.175. The second kappa shape index (κ2) is 8.48. The number of amides is 2. The highest BCUT2D eigenvalue weighted by Gasteiger charge is 2.32. The van der Waals surface area contributed by atoms with Crippen molar-refractivity contribution in [3.8, 4) is 0 Å². The topological polar surface area (TPSA) is 75.2 Å². The molecule has 7 heteroatoms. The van der Waals surface area contributed by atoms with Crippen molar-refractivity contribution in [2.24, 2.45) is 5.92 Å². The van der Waals surface area contributed by atoms with Crippen LogP contribution < -0.4 is 5.32 Å². The van der Waals surface area contributed by atoms with Crippen LogP contribution in [0, 0.1) is 19.8 Å². The van der Waals surface area contributed by atoms with Crippen LogP contribution in [0.3, 0.4) is 0 Å². The van der Waals surface area contributed by atoms with Crippen molar-refractivity contribution in [2.75, 3.05) is 19.6 Å². The molecule has 0 saturated carbocycles. The van der Waals surface area contributed by atoms with Crippen molar-refractivity contribution in [1.82, 2.24) is 20.2 Å². The van der Waals surface area contributed by atoms with Crippen molar-refractivity contribution in [3.05, 3.63) is 58.1 Å². The molecule has 1 fully saturated rings. The summed E-state index contributed by atoms with van der Waals surface area (Å²) in [6.07, 6.45) is 2.99. The quantitative estimate of drug-likeness (QED) is 0.856. The lowest BCUT2D eigenvalue weighted by Gasteiger charge is -2.17. The highest BCUT2D eigenvalue weighted by Crippen LogP contribution is 2.20. The van der Waals surface area contributed by atoms with Gasteiger partial charge in [-0.05, 0) is 44.4 Å². The van der Waals surface area contributed by atoms with Crippen molar-refractivity contribution < 1.29 is 9.59 Å². The molecule has 2 heterocycles. The van der Waals surface area contributed by atoms with Crippen LogP contribution in [0.1, 0.15) is 33.9 Å². The van der Waals surface area contributed by atoms with E-state index in [0.717, 1.165) is 12.0 Å². The van der Waals surface area contributed by atoms with Gasteiger partial charge in [0.25, 0.3) is 5.91 Å². The van der Waals surface area contributed by atoms with Crippen LogP contribution in [0.5, 0.6) is 0 Å². The highest BCUT2D eigenvalue weighted by atomic mass is 35.5. The number of benzene rings is 1. The summed E-state index contributed by atoms with van der Waals surface area (Å²) in [4.78, 5) is 35.2. The van der Waals surface area contributed by atoms with Crippen molar-refractivity contribution in [1.29, 1.82) is 0 Å². The Labute approximate surface area is 164 Å². The largest absolute Gasteiger partial charge is 0.355 e. The Kier molecular flexibility index (Phi) is 6.06. The lowest BCUT2D eigenvalue weighted by Crippen LogP contribution is -2.35. The summed E-state index contributed by atoms with van der Waals surface area (Å²) in [5.74, 6) is 0.356. The van der Waals surface area contributed by atoms with Crippen LogP contribution in [0.4, 0.5) is 0 Å². The van der Waals surface area contributed by atoms with Crippen LogP contribution >= 0.6 is 11.6 Å². The molecule has 1 N–H and O–H groups in total. The summed E-state index contributed by atoms with van der Waals surface area (Å²) < 4.78 is 0. The van der Waals surface area contributed by atoms with Gasteiger partial charge in [-0.1, -0.05) is 23.7 Å². The molecular weight excluding hydrogens is 364 g/mol. The van der Waals surface area contributed by atoms with Gasteiger partial charge in [-0.15, -0.1) is 0 Å². The lowest BCUT2D eigenvalue weighted by molar-refractivity contribution is -0.124. The van der Waals surface area contributed by atoms with Crippen molar-refractivity contribution in [3.63, 3.8) is 0 Å². The molecule has 27 heavy (non-hydrogen) atoms. The summed E-state index contributed by atoms with van der Waals surface area (Å²) in [6, 6.07) is 7.60. The van der Waals surface area contributed by atoms with E-state index < -0.39 is 0 Å². The predicted octanol–water partition coefficient (Wildman–Crippen LogP) is 2.57. The third kappa shape index (κ3) is 4.83. The standard InChI is InChI=1S/C20H23ClN4O2/c1-13-18(11-23-14(2)24-13)20(27)25-10-8-16(12-25)19(26)22-9-7-15-3-5-17(21)6-4-15/h3-6,11,16H,7-10,12H2,1-2H3,(H,22,26)/t16-/m1/s1. The first-order chi connectivity index (χ1) is 12.9. The van der Waals surface area contributed by atoms with Crippen molar-refractivity contribution >= 4 is 23.4 Å². The summed E-state index contributed by atoms with van der Waals surface area (Å²) >= 11 is 5.87. The molecule has 1 aliphatic rings. The molecule has 1 aliphatic heterocycles. The van der Waals surface area contributed by atoms with E-state index in [-0.39, 0.29) is 17.7 Å². The molecule has 0 radical (unpaired) electrons. The molecule has 2 aromatic rings. The van der Waals surface area contributed by atoms with Gasteiger partial charge in [0, 0.05) is 30.9 Å². The molecule has 0 unspecified atom stereocenters. The van der Waals surface area contributed by atoms with Crippen LogP contribution in [-0.2, 0) is 11.2 Å². The third-order valence-electron chi connectivity index (χ3n) is 4.80. The molecule has 0 bridgehead atoms. The number of hydrogen-bond donors (Lipinski definition) is 1. The molecular formula is C20H23ClN4O2. The number of carbonyl (C=O) groups is 2. The minimum Gasteiger partial charge on any atom is -0.355 e. The minimum absolute atomic E-state index is 0.00357. The molecule has 142 valence electrons. The van der Waals surface area contributed by atoms with Gasteiger partial charge in [-0.2, -0.15) is 0 Å². The Morgan fingerprint density at radius 2 is 2.00 bits per heavy atom. The van der Waals surface area contributed by atoms with Crippen LogP contribution in [0.15, 0.2) is 30.5 Å². The number of nitrogens with zero attached hydrogens (tertiary/aromatic N) is 3. The number of carbonyl (C=O) groups excluding carboxylic acids is 2.